The molecule has 0 amide bonds. The van der Waals surface area contributed by atoms with E-state index in [0.717, 1.165) is 49.3 Å². The number of carboxylic acid groups (broad SMARTS) is 1. The molecule has 1 heterocycles. The van der Waals surface area contributed by atoms with E-state index in [0.29, 0.717) is 34.1 Å². The molecule has 2 bridgehead atoms. The van der Waals surface area contributed by atoms with Gasteiger partial charge in [-0.3, -0.25) is 0 Å². The summed E-state index contributed by atoms with van der Waals surface area (Å²) in [6, 6.07) is 17.4. The van der Waals surface area contributed by atoms with Crippen LogP contribution < -0.4 is 4.74 Å². The molecule has 1 N–H and O–H groups in total. The van der Waals surface area contributed by atoms with Crippen molar-refractivity contribution in [2.45, 2.75) is 73.7 Å². The largest absolute Gasteiger partial charge is 0.573 e. The molecule has 4 aromatic rings. The van der Waals surface area contributed by atoms with Gasteiger partial charge in [0.1, 0.15) is 17.2 Å². The Kier molecular flexibility index (Phi) is 7.37. The van der Waals surface area contributed by atoms with Gasteiger partial charge in [0.05, 0.1) is 18.3 Å². The number of hydrogen-bond acceptors (Lipinski definition) is 6. The molecule has 10 heteroatoms. The van der Waals surface area contributed by atoms with E-state index in [2.05, 4.69) is 22.0 Å². The van der Waals surface area contributed by atoms with Crippen LogP contribution in [0.3, 0.4) is 0 Å². The van der Waals surface area contributed by atoms with E-state index in [1.807, 2.05) is 23.9 Å². The van der Waals surface area contributed by atoms with Crippen molar-refractivity contribution >= 4 is 28.5 Å². The molecule has 7 rings (SSSR count). The average molecular weight is 610 g/mol. The van der Waals surface area contributed by atoms with Gasteiger partial charge in [-0.15, -0.1) is 24.9 Å². The number of para-hydroxylation sites is 1. The van der Waals surface area contributed by atoms with Crippen LogP contribution in [-0.2, 0) is 11.3 Å². The van der Waals surface area contributed by atoms with Crippen LogP contribution in [0.25, 0.3) is 22.0 Å². The number of carboxylic acids is 1. The highest BCUT2D eigenvalue weighted by atomic mass is 32.2. The maximum atomic E-state index is 13.1. The van der Waals surface area contributed by atoms with Gasteiger partial charge in [-0.25, -0.2) is 4.79 Å². The number of ether oxygens (including phenoxy) is 2. The lowest BCUT2D eigenvalue weighted by Gasteiger charge is -2.35. The number of fused-ring (bicyclic) bond motifs is 3. The number of halogens is 3. The van der Waals surface area contributed by atoms with Crippen molar-refractivity contribution in [1.82, 2.24) is 5.16 Å². The first-order valence-electron chi connectivity index (χ1n) is 14.6. The number of carbonyl (C=O) groups is 1. The smallest absolute Gasteiger partial charge is 0.478 e. The zero-order valence-electron chi connectivity index (χ0n) is 23.2. The predicted molar refractivity (Wildman–Crippen MR) is 155 cm³/mol. The fourth-order valence-corrected chi connectivity index (χ4v) is 8.28. The first-order chi connectivity index (χ1) is 20.7. The van der Waals surface area contributed by atoms with E-state index >= 15 is 0 Å². The second-order valence-electron chi connectivity index (χ2n) is 11.8. The van der Waals surface area contributed by atoms with Crippen molar-refractivity contribution in [1.29, 1.82) is 0 Å². The third kappa shape index (κ3) is 5.99. The maximum Gasteiger partial charge on any atom is 0.573 e. The molecule has 2 unspecified atom stereocenters. The number of nitrogens with zero attached hydrogens (tertiary/aromatic N) is 1. The molecule has 0 saturated heterocycles. The summed E-state index contributed by atoms with van der Waals surface area (Å²) in [5.41, 5.74) is 1.59. The van der Waals surface area contributed by atoms with E-state index in [4.69, 9.17) is 9.26 Å². The van der Waals surface area contributed by atoms with Crippen LogP contribution in [-0.4, -0.2) is 33.9 Å². The monoisotopic (exact) mass is 609 g/mol. The first-order valence-corrected chi connectivity index (χ1v) is 15.5. The zero-order valence-corrected chi connectivity index (χ0v) is 24.0. The molecular weight excluding hydrogens is 579 g/mol. The first kappa shape index (κ1) is 28.3. The number of hydrogen-bond donors (Lipinski definition) is 1. The van der Waals surface area contributed by atoms with Crippen molar-refractivity contribution in [3.05, 3.63) is 77.6 Å². The Labute approximate surface area is 250 Å². The lowest BCUT2D eigenvalue weighted by molar-refractivity contribution is -0.274. The highest BCUT2D eigenvalue weighted by molar-refractivity contribution is 8.00. The number of aromatic nitrogens is 1. The summed E-state index contributed by atoms with van der Waals surface area (Å²) >= 11 is 1.90. The van der Waals surface area contributed by atoms with Gasteiger partial charge in [0.25, 0.3) is 0 Å². The van der Waals surface area contributed by atoms with Gasteiger partial charge in [0.15, 0.2) is 0 Å². The fourth-order valence-electron chi connectivity index (χ4n) is 6.75. The minimum Gasteiger partial charge on any atom is -0.478 e. The van der Waals surface area contributed by atoms with E-state index in [-0.39, 0.29) is 35.5 Å². The Morgan fingerprint density at radius 2 is 1.70 bits per heavy atom. The minimum absolute atomic E-state index is 0.0527. The zero-order chi connectivity index (χ0) is 29.7. The lowest BCUT2D eigenvalue weighted by Crippen LogP contribution is -2.32. The van der Waals surface area contributed by atoms with Gasteiger partial charge < -0.3 is 19.1 Å². The molecule has 3 fully saturated rings. The highest BCUT2D eigenvalue weighted by Gasteiger charge is 2.44. The van der Waals surface area contributed by atoms with Crippen LogP contribution in [0.2, 0.25) is 0 Å². The maximum absolute atomic E-state index is 13.1. The molecule has 3 aliphatic rings. The Hall–Kier alpha value is -3.50. The Morgan fingerprint density at radius 3 is 2.42 bits per heavy atom. The molecule has 224 valence electrons. The van der Waals surface area contributed by atoms with Crippen molar-refractivity contribution in [3.8, 4) is 17.0 Å². The Balaban J connectivity index is 1.05. The third-order valence-electron chi connectivity index (χ3n) is 8.90. The van der Waals surface area contributed by atoms with Gasteiger partial charge in [-0.05, 0) is 97.5 Å². The van der Waals surface area contributed by atoms with E-state index < -0.39 is 12.3 Å². The summed E-state index contributed by atoms with van der Waals surface area (Å²) in [5, 5.41) is 15.9. The molecule has 3 aromatic carbocycles. The molecule has 6 nitrogen and oxygen atoms in total. The summed E-state index contributed by atoms with van der Waals surface area (Å²) < 4.78 is 55.8. The third-order valence-corrected chi connectivity index (χ3v) is 10.5. The molecule has 0 radical (unpaired) electrons. The van der Waals surface area contributed by atoms with Crippen LogP contribution in [0.15, 0.2) is 70.1 Å². The molecule has 3 aliphatic carbocycles. The van der Waals surface area contributed by atoms with Gasteiger partial charge in [-0.1, -0.05) is 29.4 Å². The van der Waals surface area contributed by atoms with Crippen molar-refractivity contribution in [3.63, 3.8) is 0 Å². The summed E-state index contributed by atoms with van der Waals surface area (Å²) in [7, 11) is 0. The van der Waals surface area contributed by atoms with E-state index in [1.54, 1.807) is 24.3 Å². The van der Waals surface area contributed by atoms with Gasteiger partial charge in [0.2, 0.25) is 0 Å². The molecule has 0 aliphatic heterocycles. The molecular formula is C33H30F3NO5S. The fraction of sp³-hybridized carbons (Fsp3) is 0.394. The standard InChI is InChI=1S/C33H30F3NO5S/c34-33(35,36)41-28-4-2-1-3-26(28)29-27(30(42-37-29)18-5-6-18)17-40-24-14-21-8-9-22(15-24)31(21)43-25-12-11-19-13-23(32(38)39)10-7-20(19)16-25/h1-4,7,10-13,16,18,21-22,24,31H,5-6,8-9,14-15,17H2,(H,38,39). The van der Waals surface area contributed by atoms with E-state index in [1.165, 1.54) is 17.0 Å². The van der Waals surface area contributed by atoms with Gasteiger partial charge in [0, 0.05) is 27.2 Å². The van der Waals surface area contributed by atoms with E-state index in [9.17, 15) is 23.1 Å². The molecule has 43 heavy (non-hydrogen) atoms. The molecule has 2 atom stereocenters. The van der Waals surface area contributed by atoms with Crippen molar-refractivity contribution in [2.75, 3.05) is 0 Å². The number of rotatable bonds is 9. The molecule has 1 aromatic heterocycles. The second-order valence-corrected chi connectivity index (χ2v) is 13.1. The topological polar surface area (TPSA) is 81.8 Å². The predicted octanol–water partition coefficient (Wildman–Crippen LogP) is 8.84. The van der Waals surface area contributed by atoms with Crippen LogP contribution in [0.5, 0.6) is 5.75 Å². The average Bonchev–Trinajstić information content (AvgIpc) is 3.69. The van der Waals surface area contributed by atoms with Crippen molar-refractivity contribution in [2.24, 2.45) is 11.8 Å². The summed E-state index contributed by atoms with van der Waals surface area (Å²) in [5.74, 6) is 0.695. The summed E-state index contributed by atoms with van der Waals surface area (Å²) in [6.45, 7) is 0.232. The number of aromatic carboxylic acids is 1. The van der Waals surface area contributed by atoms with Gasteiger partial charge in [-0.2, -0.15) is 0 Å². The lowest BCUT2D eigenvalue weighted by atomic mass is 9.86. The summed E-state index contributed by atoms with van der Waals surface area (Å²) in [6.07, 6.45) is 1.30. The van der Waals surface area contributed by atoms with Crippen LogP contribution in [0, 0.1) is 11.8 Å². The molecule has 0 spiro atoms. The van der Waals surface area contributed by atoms with Gasteiger partial charge >= 0.3 is 12.3 Å². The van der Waals surface area contributed by atoms with Crippen LogP contribution in [0.4, 0.5) is 13.2 Å². The number of thioether (sulfide) groups is 1. The minimum atomic E-state index is -4.82. The molecule has 3 saturated carbocycles. The Bertz CT molecular complexity index is 1650. The quantitative estimate of drug-likeness (QED) is 0.203. The SMILES string of the molecule is O=C(O)c1ccc2cc(SC3C4CCC3CC(OCc3c(-c5ccccc5OC(F)(F)F)noc3C3CC3)C4)ccc2c1. The van der Waals surface area contributed by atoms with Crippen molar-refractivity contribution < 1.29 is 37.1 Å². The van der Waals surface area contributed by atoms with Crippen LogP contribution >= 0.6 is 11.8 Å². The summed E-state index contributed by atoms with van der Waals surface area (Å²) in [4.78, 5) is 12.5. The number of benzene rings is 3. The number of alkyl halides is 3. The second kappa shape index (κ2) is 11.2. The Morgan fingerprint density at radius 1 is 0.977 bits per heavy atom. The van der Waals surface area contributed by atoms with Crippen LogP contribution in [0.1, 0.15) is 66.1 Å². The highest BCUT2D eigenvalue weighted by Crippen LogP contribution is 2.52. The normalized spacial score (nSPS) is 23.5.